The number of rotatable bonds is 5. The molecule has 5 heteroatoms. The topological polar surface area (TPSA) is 58.5 Å². The maximum absolute atomic E-state index is 11.8. The van der Waals surface area contributed by atoms with Crippen LogP contribution in [-0.2, 0) is 10.0 Å². The Hall–Kier alpha value is -1.36. The van der Waals surface area contributed by atoms with E-state index in [9.17, 15) is 8.42 Å². The van der Waals surface area contributed by atoms with Gasteiger partial charge in [0.05, 0.1) is 4.90 Å². The molecular formula is C12H18N2O2S. The van der Waals surface area contributed by atoms with Gasteiger partial charge in [0.1, 0.15) is 0 Å². The number of hydrogen-bond donors (Lipinski definition) is 1. The number of hydrazone groups is 1. The minimum Gasteiger partial charge on any atom is -0.200 e. The lowest BCUT2D eigenvalue weighted by molar-refractivity contribution is 0.584. The summed E-state index contributed by atoms with van der Waals surface area (Å²) in [6, 6.07) is 6.65. The summed E-state index contributed by atoms with van der Waals surface area (Å²) in [4.78, 5) is 2.43. The average molecular weight is 254 g/mol. The first kappa shape index (κ1) is 13.7. The first-order valence-corrected chi connectivity index (χ1v) is 7.05. The lowest BCUT2D eigenvalue weighted by atomic mass is 10.1. The molecule has 1 aromatic carbocycles. The maximum atomic E-state index is 11.8. The molecule has 0 amide bonds. The summed E-state index contributed by atoms with van der Waals surface area (Å²) in [5.74, 6) is 0.260. The van der Waals surface area contributed by atoms with Crippen molar-refractivity contribution in [1.29, 1.82) is 0 Å². The predicted octanol–water partition coefficient (Wildman–Crippen LogP) is 2.31. The summed E-state index contributed by atoms with van der Waals surface area (Å²) < 4.78 is 23.6. The van der Waals surface area contributed by atoms with Crippen molar-refractivity contribution in [3.63, 3.8) is 0 Å². The maximum Gasteiger partial charge on any atom is 0.276 e. The summed E-state index contributed by atoms with van der Waals surface area (Å²) in [7, 11) is -3.53. The summed E-state index contributed by atoms with van der Waals surface area (Å²) in [6.07, 6.45) is 2.53. The minimum absolute atomic E-state index is 0.226. The lowest BCUT2D eigenvalue weighted by Crippen LogP contribution is -2.18. The van der Waals surface area contributed by atoms with Crippen LogP contribution in [0, 0.1) is 12.8 Å². The monoisotopic (exact) mass is 254 g/mol. The normalized spacial score (nSPS) is 13.8. The molecule has 0 aliphatic rings. The van der Waals surface area contributed by atoms with Gasteiger partial charge in [-0.2, -0.15) is 13.5 Å². The number of nitrogens with zero attached hydrogens (tertiary/aromatic N) is 1. The largest absolute Gasteiger partial charge is 0.276 e. The molecule has 0 radical (unpaired) electrons. The van der Waals surface area contributed by atoms with Crippen LogP contribution in [0.15, 0.2) is 34.3 Å². The summed E-state index contributed by atoms with van der Waals surface area (Å²) in [5, 5.41) is 3.75. The van der Waals surface area contributed by atoms with Crippen molar-refractivity contribution in [3.05, 3.63) is 29.8 Å². The van der Waals surface area contributed by atoms with Gasteiger partial charge in [-0.05, 0) is 31.4 Å². The zero-order valence-corrected chi connectivity index (χ0v) is 11.2. The first-order valence-electron chi connectivity index (χ1n) is 5.57. The average Bonchev–Trinajstić information content (AvgIpc) is 2.29. The van der Waals surface area contributed by atoms with Gasteiger partial charge >= 0.3 is 0 Å². The molecule has 0 aromatic heterocycles. The third-order valence-electron chi connectivity index (χ3n) is 2.48. The number of nitrogens with one attached hydrogen (secondary N) is 1. The van der Waals surface area contributed by atoms with Gasteiger partial charge in [0.25, 0.3) is 10.0 Å². The van der Waals surface area contributed by atoms with Crippen molar-refractivity contribution in [1.82, 2.24) is 4.83 Å². The minimum atomic E-state index is -3.53. The van der Waals surface area contributed by atoms with Gasteiger partial charge in [-0.25, -0.2) is 4.83 Å². The molecule has 0 heterocycles. The van der Waals surface area contributed by atoms with Gasteiger partial charge in [0.2, 0.25) is 0 Å². The molecule has 1 N–H and O–H groups in total. The number of benzene rings is 1. The molecule has 17 heavy (non-hydrogen) atoms. The number of aryl methyl sites for hydroxylation is 1. The standard InChI is InChI=1S/C12H18N2O2S/c1-4-10(2)9-13-14-17(15,16)12-7-5-11(3)6-8-12/h5-10,14H,4H2,1-3H3/b13-9+. The van der Waals surface area contributed by atoms with Gasteiger partial charge in [-0.3, -0.25) is 0 Å². The Balaban J connectivity index is 2.76. The highest BCUT2D eigenvalue weighted by atomic mass is 32.2. The second-order valence-corrected chi connectivity index (χ2v) is 5.73. The molecule has 1 atom stereocenters. The molecular weight excluding hydrogens is 236 g/mol. The van der Waals surface area contributed by atoms with Gasteiger partial charge in [0, 0.05) is 6.21 Å². The zero-order chi connectivity index (χ0) is 12.9. The van der Waals surface area contributed by atoms with Crippen molar-refractivity contribution in [2.75, 3.05) is 0 Å². The molecule has 1 unspecified atom stereocenters. The Morgan fingerprint density at radius 3 is 2.47 bits per heavy atom. The van der Waals surface area contributed by atoms with Crippen LogP contribution in [0.4, 0.5) is 0 Å². The van der Waals surface area contributed by atoms with E-state index in [-0.39, 0.29) is 10.8 Å². The Labute approximate surface area is 103 Å². The highest BCUT2D eigenvalue weighted by Crippen LogP contribution is 2.09. The quantitative estimate of drug-likeness (QED) is 0.647. The first-order chi connectivity index (χ1) is 7.95. The Morgan fingerprint density at radius 2 is 1.94 bits per heavy atom. The lowest BCUT2D eigenvalue weighted by Gasteiger charge is -2.04. The molecule has 0 bridgehead atoms. The van der Waals surface area contributed by atoms with Crippen LogP contribution in [0.2, 0.25) is 0 Å². The van der Waals surface area contributed by atoms with Crippen molar-refractivity contribution in [3.8, 4) is 0 Å². The molecule has 94 valence electrons. The van der Waals surface area contributed by atoms with Gasteiger partial charge in [0.15, 0.2) is 0 Å². The Morgan fingerprint density at radius 1 is 1.35 bits per heavy atom. The van der Waals surface area contributed by atoms with E-state index in [0.29, 0.717) is 0 Å². The molecule has 1 rings (SSSR count). The molecule has 4 nitrogen and oxygen atoms in total. The predicted molar refractivity (Wildman–Crippen MR) is 69.4 cm³/mol. The van der Waals surface area contributed by atoms with E-state index < -0.39 is 10.0 Å². The summed E-state index contributed by atoms with van der Waals surface area (Å²) in [5.41, 5.74) is 1.02. The third-order valence-corrected chi connectivity index (χ3v) is 3.72. The number of sulfonamides is 1. The van der Waals surface area contributed by atoms with Crippen LogP contribution in [0.5, 0.6) is 0 Å². The van der Waals surface area contributed by atoms with Crippen LogP contribution in [0.1, 0.15) is 25.8 Å². The second-order valence-electron chi connectivity index (χ2n) is 4.07. The smallest absolute Gasteiger partial charge is 0.200 e. The highest BCUT2D eigenvalue weighted by Gasteiger charge is 2.11. The van der Waals surface area contributed by atoms with Crippen LogP contribution in [0.3, 0.4) is 0 Å². The molecule has 0 saturated carbocycles. The van der Waals surface area contributed by atoms with E-state index in [4.69, 9.17) is 0 Å². The van der Waals surface area contributed by atoms with E-state index in [0.717, 1.165) is 12.0 Å². The fourth-order valence-electron chi connectivity index (χ4n) is 1.10. The number of hydrogen-bond acceptors (Lipinski definition) is 3. The highest BCUT2D eigenvalue weighted by molar-refractivity contribution is 7.89. The zero-order valence-electron chi connectivity index (χ0n) is 10.3. The van der Waals surface area contributed by atoms with Crippen molar-refractivity contribution >= 4 is 16.2 Å². The third kappa shape index (κ3) is 4.19. The molecule has 0 spiro atoms. The molecule has 0 fully saturated rings. The van der Waals surface area contributed by atoms with Crippen LogP contribution < -0.4 is 4.83 Å². The van der Waals surface area contributed by atoms with Crippen molar-refractivity contribution in [2.24, 2.45) is 11.0 Å². The SMILES string of the molecule is CCC(C)/C=N/NS(=O)(=O)c1ccc(C)cc1. The van der Waals surface area contributed by atoms with Crippen LogP contribution in [-0.4, -0.2) is 14.6 Å². The molecule has 0 saturated heterocycles. The van der Waals surface area contributed by atoms with E-state index in [2.05, 4.69) is 9.93 Å². The Kier molecular flexibility index (Phi) is 4.69. The Bertz CT molecular complexity index is 478. The second kappa shape index (κ2) is 5.82. The fraction of sp³-hybridized carbons (Fsp3) is 0.417. The van der Waals surface area contributed by atoms with Crippen LogP contribution >= 0.6 is 0 Å². The van der Waals surface area contributed by atoms with Gasteiger partial charge in [-0.15, -0.1) is 0 Å². The fourth-order valence-corrected chi connectivity index (χ4v) is 1.90. The van der Waals surface area contributed by atoms with E-state index in [1.54, 1.807) is 30.5 Å². The molecule has 0 aliphatic carbocycles. The molecule has 1 aromatic rings. The summed E-state index contributed by atoms with van der Waals surface area (Å²) in [6.45, 7) is 5.90. The van der Waals surface area contributed by atoms with Crippen LogP contribution in [0.25, 0.3) is 0 Å². The molecule has 0 aliphatic heterocycles. The van der Waals surface area contributed by atoms with E-state index in [1.165, 1.54) is 0 Å². The van der Waals surface area contributed by atoms with Crippen molar-refractivity contribution < 1.29 is 8.42 Å². The van der Waals surface area contributed by atoms with E-state index in [1.807, 2.05) is 20.8 Å². The van der Waals surface area contributed by atoms with E-state index >= 15 is 0 Å². The van der Waals surface area contributed by atoms with Crippen molar-refractivity contribution in [2.45, 2.75) is 32.1 Å². The van der Waals surface area contributed by atoms with Gasteiger partial charge < -0.3 is 0 Å². The van der Waals surface area contributed by atoms with Gasteiger partial charge in [-0.1, -0.05) is 31.5 Å². The summed E-state index contributed by atoms with van der Waals surface area (Å²) >= 11 is 0.